The third-order valence-electron chi connectivity index (χ3n) is 4.39. The maximum atomic E-state index is 12.7. The Morgan fingerprint density at radius 3 is 2.41 bits per heavy atom. The molecule has 0 aliphatic heterocycles. The van der Waals surface area contributed by atoms with E-state index in [1.54, 1.807) is 25.3 Å². The molecule has 11 heteroatoms. The van der Waals surface area contributed by atoms with Gasteiger partial charge in [-0.25, -0.2) is 28.1 Å². The maximum absolute atomic E-state index is 12.7. The van der Waals surface area contributed by atoms with Gasteiger partial charge in [-0.3, -0.25) is 0 Å². The van der Waals surface area contributed by atoms with Crippen molar-refractivity contribution in [3.05, 3.63) is 54.0 Å². The van der Waals surface area contributed by atoms with Crippen molar-refractivity contribution in [2.75, 3.05) is 37.9 Å². The molecule has 2 heterocycles. The number of hydrogen-bond acceptors (Lipinski definition) is 9. The summed E-state index contributed by atoms with van der Waals surface area (Å²) >= 11 is 0. The first-order valence-corrected chi connectivity index (χ1v) is 11.3. The van der Waals surface area contributed by atoms with Crippen LogP contribution in [0, 0.1) is 13.8 Å². The standard InChI is InChI=1S/C21H26N6O4S/c1-14-7-8-22-19(11-14)27-21-13-20(25-15(2)26-21)23-9-10-24-32(28,29)18-6-5-16(30-3)12-17(18)31-4/h5-8,11-13,24H,9-10H2,1-4H3,(H2,22,23,25,26,27). The lowest BCUT2D eigenvalue weighted by atomic mass is 10.3. The summed E-state index contributed by atoms with van der Waals surface area (Å²) in [7, 11) is -0.860. The minimum Gasteiger partial charge on any atom is -0.497 e. The zero-order valence-corrected chi connectivity index (χ0v) is 19.2. The third kappa shape index (κ3) is 6.05. The van der Waals surface area contributed by atoms with Gasteiger partial charge in [0.2, 0.25) is 10.0 Å². The molecule has 3 aromatic rings. The molecular formula is C21H26N6O4S. The van der Waals surface area contributed by atoms with Crippen molar-refractivity contribution in [2.45, 2.75) is 18.7 Å². The Bertz CT molecular complexity index is 1190. The van der Waals surface area contributed by atoms with Crippen molar-refractivity contribution in [2.24, 2.45) is 0 Å². The molecular weight excluding hydrogens is 432 g/mol. The van der Waals surface area contributed by atoms with Gasteiger partial charge >= 0.3 is 0 Å². The molecule has 0 fully saturated rings. The summed E-state index contributed by atoms with van der Waals surface area (Å²) in [6, 6.07) is 10.1. The summed E-state index contributed by atoms with van der Waals surface area (Å²) in [4.78, 5) is 13.0. The SMILES string of the molecule is COc1ccc(S(=O)(=O)NCCNc2cc(Nc3cc(C)ccn3)nc(C)n2)c(OC)c1. The molecule has 170 valence electrons. The number of sulfonamides is 1. The Hall–Kier alpha value is -3.44. The van der Waals surface area contributed by atoms with E-state index in [-0.39, 0.29) is 17.2 Å². The zero-order valence-electron chi connectivity index (χ0n) is 18.3. The number of anilines is 3. The highest BCUT2D eigenvalue weighted by Gasteiger charge is 2.19. The minimum absolute atomic E-state index is 0.0378. The number of pyridine rings is 1. The predicted octanol–water partition coefficient (Wildman–Crippen LogP) is 2.64. The van der Waals surface area contributed by atoms with Crippen LogP contribution >= 0.6 is 0 Å². The Labute approximate surface area is 187 Å². The molecule has 32 heavy (non-hydrogen) atoms. The number of rotatable bonds is 10. The maximum Gasteiger partial charge on any atom is 0.244 e. The van der Waals surface area contributed by atoms with Gasteiger partial charge < -0.3 is 20.1 Å². The smallest absolute Gasteiger partial charge is 0.244 e. The molecule has 3 N–H and O–H groups in total. The first-order valence-electron chi connectivity index (χ1n) is 9.81. The normalized spacial score (nSPS) is 11.1. The lowest BCUT2D eigenvalue weighted by Crippen LogP contribution is -2.29. The van der Waals surface area contributed by atoms with Crippen LogP contribution in [-0.4, -0.2) is 50.7 Å². The van der Waals surface area contributed by atoms with E-state index in [1.165, 1.54) is 26.4 Å². The molecule has 0 atom stereocenters. The Kier molecular flexibility index (Phi) is 7.44. The van der Waals surface area contributed by atoms with E-state index >= 15 is 0 Å². The van der Waals surface area contributed by atoms with Gasteiger partial charge in [-0.2, -0.15) is 0 Å². The number of ether oxygens (including phenoxy) is 2. The molecule has 0 spiro atoms. The quantitative estimate of drug-likeness (QED) is 0.393. The van der Waals surface area contributed by atoms with E-state index in [0.29, 0.717) is 35.6 Å². The van der Waals surface area contributed by atoms with Crippen LogP contribution in [-0.2, 0) is 10.0 Å². The molecule has 1 aromatic carbocycles. The van der Waals surface area contributed by atoms with Gasteiger partial charge in [-0.15, -0.1) is 0 Å². The summed E-state index contributed by atoms with van der Waals surface area (Å²) in [5.41, 5.74) is 1.08. The molecule has 0 saturated carbocycles. The van der Waals surface area contributed by atoms with Crippen LogP contribution in [0.4, 0.5) is 17.5 Å². The molecule has 0 saturated heterocycles. The average Bonchev–Trinajstić information content (AvgIpc) is 2.76. The first kappa shape index (κ1) is 23.2. The van der Waals surface area contributed by atoms with E-state index in [0.717, 1.165) is 5.56 Å². The van der Waals surface area contributed by atoms with Gasteiger partial charge in [-0.1, -0.05) is 0 Å². The second kappa shape index (κ2) is 10.2. The number of nitrogens with zero attached hydrogens (tertiary/aromatic N) is 3. The van der Waals surface area contributed by atoms with E-state index in [9.17, 15) is 8.42 Å². The fourth-order valence-corrected chi connectivity index (χ4v) is 4.09. The van der Waals surface area contributed by atoms with E-state index in [4.69, 9.17) is 9.47 Å². The van der Waals surface area contributed by atoms with Crippen LogP contribution in [0.15, 0.2) is 47.5 Å². The topological polar surface area (TPSA) is 127 Å². The highest BCUT2D eigenvalue weighted by molar-refractivity contribution is 7.89. The van der Waals surface area contributed by atoms with E-state index in [2.05, 4.69) is 30.3 Å². The molecule has 0 aliphatic carbocycles. The van der Waals surface area contributed by atoms with Crippen molar-refractivity contribution in [3.8, 4) is 11.5 Å². The first-order chi connectivity index (χ1) is 15.3. The minimum atomic E-state index is -3.77. The molecule has 10 nitrogen and oxygen atoms in total. The second-order valence-electron chi connectivity index (χ2n) is 6.87. The van der Waals surface area contributed by atoms with Crippen molar-refractivity contribution in [1.29, 1.82) is 0 Å². The highest BCUT2D eigenvalue weighted by Crippen LogP contribution is 2.28. The fourth-order valence-electron chi connectivity index (χ4n) is 2.91. The number of methoxy groups -OCH3 is 2. The number of aryl methyl sites for hydroxylation is 2. The summed E-state index contributed by atoms with van der Waals surface area (Å²) in [5, 5.41) is 6.25. The number of aromatic nitrogens is 3. The van der Waals surface area contributed by atoms with Gasteiger partial charge in [0, 0.05) is 31.4 Å². The summed E-state index contributed by atoms with van der Waals surface area (Å²) < 4.78 is 38.2. The Balaban J connectivity index is 1.61. The fraction of sp³-hybridized carbons (Fsp3) is 0.286. The van der Waals surface area contributed by atoms with Crippen molar-refractivity contribution >= 4 is 27.5 Å². The lowest BCUT2D eigenvalue weighted by Gasteiger charge is -2.13. The Morgan fingerprint density at radius 1 is 0.906 bits per heavy atom. The van der Waals surface area contributed by atoms with Gasteiger partial charge in [-0.05, 0) is 43.7 Å². The van der Waals surface area contributed by atoms with Crippen molar-refractivity contribution in [3.63, 3.8) is 0 Å². The molecule has 3 rings (SSSR count). The van der Waals surface area contributed by atoms with Crippen LogP contribution in [0.5, 0.6) is 11.5 Å². The van der Waals surface area contributed by atoms with Crippen LogP contribution in [0.25, 0.3) is 0 Å². The van der Waals surface area contributed by atoms with Crippen molar-refractivity contribution in [1.82, 2.24) is 19.7 Å². The van der Waals surface area contributed by atoms with E-state index in [1.807, 2.05) is 19.1 Å². The zero-order chi connectivity index (χ0) is 23.1. The van der Waals surface area contributed by atoms with Crippen LogP contribution in [0.1, 0.15) is 11.4 Å². The Morgan fingerprint density at radius 2 is 1.69 bits per heavy atom. The van der Waals surface area contributed by atoms with Gasteiger partial charge in [0.25, 0.3) is 0 Å². The molecule has 0 aliphatic rings. The van der Waals surface area contributed by atoms with Crippen LogP contribution in [0.2, 0.25) is 0 Å². The summed E-state index contributed by atoms with van der Waals surface area (Å²) in [6.45, 7) is 4.21. The van der Waals surface area contributed by atoms with Crippen molar-refractivity contribution < 1.29 is 17.9 Å². The van der Waals surface area contributed by atoms with Crippen LogP contribution in [0.3, 0.4) is 0 Å². The van der Waals surface area contributed by atoms with E-state index < -0.39 is 10.0 Å². The highest BCUT2D eigenvalue weighted by atomic mass is 32.2. The number of benzene rings is 1. The van der Waals surface area contributed by atoms with Gasteiger partial charge in [0.15, 0.2) is 0 Å². The van der Waals surface area contributed by atoms with Gasteiger partial charge in [0.1, 0.15) is 39.7 Å². The van der Waals surface area contributed by atoms with Gasteiger partial charge in [0.05, 0.1) is 14.2 Å². The van der Waals surface area contributed by atoms with Crippen LogP contribution < -0.4 is 24.8 Å². The second-order valence-corrected chi connectivity index (χ2v) is 8.61. The molecule has 0 radical (unpaired) electrons. The molecule has 2 aromatic heterocycles. The monoisotopic (exact) mass is 458 g/mol. The number of nitrogens with one attached hydrogen (secondary N) is 3. The lowest BCUT2D eigenvalue weighted by molar-refractivity contribution is 0.386. The molecule has 0 unspecified atom stereocenters. The predicted molar refractivity (Wildman–Crippen MR) is 122 cm³/mol. The largest absolute Gasteiger partial charge is 0.497 e. The summed E-state index contributed by atoms with van der Waals surface area (Å²) in [5.74, 6) is 3.10. The molecule has 0 amide bonds. The number of hydrogen-bond donors (Lipinski definition) is 3. The third-order valence-corrected chi connectivity index (χ3v) is 5.89. The average molecular weight is 459 g/mol. The summed E-state index contributed by atoms with van der Waals surface area (Å²) in [6.07, 6.45) is 1.72. The molecule has 0 bridgehead atoms.